The van der Waals surface area contributed by atoms with Crippen molar-refractivity contribution < 1.29 is 14.3 Å². The molecule has 1 aliphatic heterocycles. The molecule has 0 aromatic rings. The van der Waals surface area contributed by atoms with Gasteiger partial charge in [0.25, 0.3) is 0 Å². The third kappa shape index (κ3) is 10.5. The van der Waals surface area contributed by atoms with Crippen molar-refractivity contribution in [2.75, 3.05) is 32.8 Å². The summed E-state index contributed by atoms with van der Waals surface area (Å²) in [5, 5.41) is 8.60. The summed E-state index contributed by atoms with van der Waals surface area (Å²) in [6, 6.07) is 0.500. The summed E-state index contributed by atoms with van der Waals surface area (Å²) in [6.07, 6.45) is 7.17. The zero-order valence-corrected chi connectivity index (χ0v) is 16.8. The van der Waals surface area contributed by atoms with Gasteiger partial charge in [-0.2, -0.15) is 0 Å². The smallest absolute Gasteiger partial charge is 0.407 e. The number of rotatable bonds is 12. The van der Waals surface area contributed by atoms with Crippen LogP contribution in [-0.2, 0) is 4.74 Å². The Kier molecular flexibility index (Phi) is 11.9. The highest BCUT2D eigenvalue weighted by molar-refractivity contribution is 5.73. The summed E-state index contributed by atoms with van der Waals surface area (Å²) >= 11 is 0. The monoisotopic (exact) mass is 370 g/mol. The Morgan fingerprint density at radius 2 is 1.96 bits per heavy atom. The largest absolute Gasteiger partial charge is 0.450 e. The molecule has 0 aliphatic carbocycles. The fourth-order valence-corrected chi connectivity index (χ4v) is 3.11. The number of nitrogens with zero attached hydrogens (tertiary/aromatic N) is 1. The van der Waals surface area contributed by atoms with E-state index in [1.807, 2.05) is 13.8 Å². The second-order valence-electron chi connectivity index (χ2n) is 7.32. The molecule has 0 radical (unpaired) electrons. The Bertz CT molecular complexity index is 404. The van der Waals surface area contributed by atoms with Gasteiger partial charge in [0.1, 0.15) is 0 Å². The van der Waals surface area contributed by atoms with Crippen LogP contribution in [0.1, 0.15) is 65.7 Å². The molecule has 1 atom stereocenters. The van der Waals surface area contributed by atoms with Gasteiger partial charge >= 0.3 is 12.1 Å². The summed E-state index contributed by atoms with van der Waals surface area (Å²) in [6.45, 7) is 10.0. The number of ether oxygens (including phenoxy) is 1. The Labute approximate surface area is 158 Å². The summed E-state index contributed by atoms with van der Waals surface area (Å²) in [5.74, 6) is 0. The third-order valence-corrected chi connectivity index (χ3v) is 4.54. The third-order valence-electron chi connectivity index (χ3n) is 4.54. The van der Waals surface area contributed by atoms with E-state index >= 15 is 0 Å². The van der Waals surface area contributed by atoms with Crippen molar-refractivity contribution in [1.29, 1.82) is 0 Å². The van der Waals surface area contributed by atoms with E-state index in [2.05, 4.69) is 27.8 Å². The van der Waals surface area contributed by atoms with E-state index in [0.29, 0.717) is 25.7 Å². The predicted octanol–water partition coefficient (Wildman–Crippen LogP) is 2.86. The zero-order chi connectivity index (χ0) is 19.2. The van der Waals surface area contributed by atoms with Crippen LogP contribution in [0.4, 0.5) is 9.59 Å². The van der Waals surface area contributed by atoms with Gasteiger partial charge in [-0.3, -0.25) is 4.90 Å². The number of urea groups is 1. The molecule has 3 amide bonds. The van der Waals surface area contributed by atoms with Crippen LogP contribution in [0.2, 0.25) is 0 Å². The number of likely N-dealkylation sites (tertiary alicyclic amines) is 1. The molecule has 1 fully saturated rings. The van der Waals surface area contributed by atoms with Crippen LogP contribution in [0.15, 0.2) is 0 Å². The van der Waals surface area contributed by atoms with Crippen LogP contribution in [-0.4, -0.2) is 61.9 Å². The molecule has 1 rings (SSSR count). The first-order valence-corrected chi connectivity index (χ1v) is 10.2. The molecule has 3 N–H and O–H groups in total. The van der Waals surface area contributed by atoms with Gasteiger partial charge in [0.2, 0.25) is 0 Å². The molecule has 0 spiro atoms. The van der Waals surface area contributed by atoms with Crippen molar-refractivity contribution in [3.63, 3.8) is 0 Å². The zero-order valence-electron chi connectivity index (χ0n) is 16.8. The maximum atomic E-state index is 11.6. The number of carbonyl (C=O) groups is 2. The number of carbonyl (C=O) groups excluding carboxylic acids is 2. The first-order valence-electron chi connectivity index (χ1n) is 10.2. The van der Waals surface area contributed by atoms with E-state index in [1.165, 1.54) is 6.42 Å². The number of hydrogen-bond acceptors (Lipinski definition) is 4. The normalized spacial score (nSPS) is 17.3. The van der Waals surface area contributed by atoms with E-state index in [9.17, 15) is 9.59 Å². The van der Waals surface area contributed by atoms with Crippen LogP contribution >= 0.6 is 0 Å². The SMILES string of the molecule is CCCCOC(=O)NCC1CCCN1CCCCCNC(=O)NC(C)C. The number of unbranched alkanes of at least 4 members (excludes halogenated alkanes) is 3. The van der Waals surface area contributed by atoms with Crippen LogP contribution in [0, 0.1) is 0 Å². The van der Waals surface area contributed by atoms with Gasteiger partial charge in [-0.05, 0) is 59.0 Å². The molecular formula is C19H38N4O3. The highest BCUT2D eigenvalue weighted by Gasteiger charge is 2.24. The topological polar surface area (TPSA) is 82.7 Å². The van der Waals surface area contributed by atoms with Gasteiger partial charge in [-0.25, -0.2) is 9.59 Å². The molecule has 1 aliphatic rings. The van der Waals surface area contributed by atoms with Crippen molar-refractivity contribution in [3.8, 4) is 0 Å². The molecule has 7 nitrogen and oxygen atoms in total. The minimum Gasteiger partial charge on any atom is -0.450 e. The van der Waals surface area contributed by atoms with Crippen molar-refractivity contribution >= 4 is 12.1 Å². The molecule has 7 heteroatoms. The van der Waals surface area contributed by atoms with E-state index in [4.69, 9.17) is 4.74 Å². The van der Waals surface area contributed by atoms with Crippen LogP contribution in [0.25, 0.3) is 0 Å². The Morgan fingerprint density at radius 1 is 1.15 bits per heavy atom. The van der Waals surface area contributed by atoms with Crippen LogP contribution in [0.3, 0.4) is 0 Å². The number of alkyl carbamates (subject to hydrolysis) is 1. The fraction of sp³-hybridized carbons (Fsp3) is 0.895. The predicted molar refractivity (Wildman–Crippen MR) is 104 cm³/mol. The Morgan fingerprint density at radius 3 is 2.69 bits per heavy atom. The standard InChI is InChI=1S/C19H38N4O3/c1-4-5-14-26-19(25)21-15-17-10-9-13-23(17)12-8-6-7-11-20-18(24)22-16(2)3/h16-17H,4-15H2,1-3H3,(H,21,25)(H2,20,22,24). The fourth-order valence-electron chi connectivity index (χ4n) is 3.11. The minimum atomic E-state index is -0.295. The average molecular weight is 371 g/mol. The first kappa shape index (κ1) is 22.5. The highest BCUT2D eigenvalue weighted by Crippen LogP contribution is 2.17. The molecule has 0 bridgehead atoms. The molecular weight excluding hydrogens is 332 g/mol. The molecule has 1 saturated heterocycles. The van der Waals surface area contributed by atoms with E-state index in [0.717, 1.165) is 51.6 Å². The molecule has 0 aromatic carbocycles. The van der Waals surface area contributed by atoms with Gasteiger partial charge in [-0.1, -0.05) is 19.8 Å². The van der Waals surface area contributed by atoms with Crippen LogP contribution in [0.5, 0.6) is 0 Å². The van der Waals surface area contributed by atoms with Crippen molar-refractivity contribution in [1.82, 2.24) is 20.9 Å². The number of hydrogen-bond donors (Lipinski definition) is 3. The summed E-state index contributed by atoms with van der Waals surface area (Å²) in [4.78, 5) is 25.6. The van der Waals surface area contributed by atoms with E-state index in [1.54, 1.807) is 0 Å². The van der Waals surface area contributed by atoms with Crippen molar-refractivity contribution in [2.24, 2.45) is 0 Å². The average Bonchev–Trinajstić information content (AvgIpc) is 3.03. The van der Waals surface area contributed by atoms with Crippen molar-refractivity contribution in [3.05, 3.63) is 0 Å². The molecule has 0 aromatic heterocycles. The summed E-state index contributed by atoms with van der Waals surface area (Å²) < 4.78 is 5.14. The van der Waals surface area contributed by atoms with Crippen LogP contribution < -0.4 is 16.0 Å². The van der Waals surface area contributed by atoms with E-state index in [-0.39, 0.29) is 18.2 Å². The number of amides is 3. The van der Waals surface area contributed by atoms with Gasteiger partial charge in [0.15, 0.2) is 0 Å². The lowest BCUT2D eigenvalue weighted by Crippen LogP contribution is -2.41. The Balaban J connectivity index is 2.07. The highest BCUT2D eigenvalue weighted by atomic mass is 16.5. The molecule has 0 saturated carbocycles. The quantitative estimate of drug-likeness (QED) is 0.461. The second kappa shape index (κ2) is 13.7. The molecule has 1 unspecified atom stereocenters. The van der Waals surface area contributed by atoms with Gasteiger partial charge in [0, 0.05) is 25.2 Å². The van der Waals surface area contributed by atoms with Gasteiger partial charge in [0.05, 0.1) is 6.61 Å². The number of nitrogens with one attached hydrogen (secondary N) is 3. The maximum absolute atomic E-state index is 11.6. The van der Waals surface area contributed by atoms with Crippen molar-refractivity contribution in [2.45, 2.75) is 77.8 Å². The van der Waals surface area contributed by atoms with Gasteiger partial charge < -0.3 is 20.7 Å². The lowest BCUT2D eigenvalue weighted by Gasteiger charge is -2.24. The first-order chi connectivity index (χ1) is 12.5. The minimum absolute atomic E-state index is 0.0866. The lowest BCUT2D eigenvalue weighted by molar-refractivity contribution is 0.140. The summed E-state index contributed by atoms with van der Waals surface area (Å²) in [5.41, 5.74) is 0. The summed E-state index contributed by atoms with van der Waals surface area (Å²) in [7, 11) is 0. The molecule has 1 heterocycles. The van der Waals surface area contributed by atoms with Gasteiger partial charge in [-0.15, -0.1) is 0 Å². The second-order valence-corrected chi connectivity index (χ2v) is 7.32. The van der Waals surface area contributed by atoms with E-state index < -0.39 is 0 Å². The molecule has 152 valence electrons. The Hall–Kier alpha value is -1.50. The maximum Gasteiger partial charge on any atom is 0.407 e. The molecule has 26 heavy (non-hydrogen) atoms. The lowest BCUT2D eigenvalue weighted by atomic mass is 10.2.